The summed E-state index contributed by atoms with van der Waals surface area (Å²) in [7, 11) is 0. The van der Waals surface area contributed by atoms with Crippen molar-refractivity contribution in [2.75, 3.05) is 10.0 Å². The van der Waals surface area contributed by atoms with Gasteiger partial charge in [-0.1, -0.05) is 42.3 Å². The lowest BCUT2D eigenvalue weighted by atomic mass is 10.1. The number of carbonyl (C=O) groups is 1. The van der Waals surface area contributed by atoms with E-state index >= 15 is 0 Å². The molecule has 0 bridgehead atoms. The van der Waals surface area contributed by atoms with E-state index in [0.29, 0.717) is 17.2 Å². The SMILES string of the molecule is C#Cc1ccc(C2=NN(c3ccccc3)C(=O)N(c3ccccc3)[N]2)cc1. The minimum absolute atomic E-state index is 0.351. The zero-order valence-corrected chi connectivity index (χ0v) is 14.4. The molecule has 0 unspecified atom stereocenters. The maximum atomic E-state index is 13.0. The zero-order chi connectivity index (χ0) is 18.6. The number of urea groups is 1. The molecule has 0 N–H and O–H groups in total. The molecule has 3 aromatic rings. The lowest BCUT2D eigenvalue weighted by Crippen LogP contribution is -2.52. The van der Waals surface area contributed by atoms with Gasteiger partial charge in [0.15, 0.2) is 5.84 Å². The summed E-state index contributed by atoms with van der Waals surface area (Å²) in [6.07, 6.45) is 5.43. The number of carbonyl (C=O) groups excluding carboxylic acids is 1. The fourth-order valence-electron chi connectivity index (χ4n) is 2.69. The summed E-state index contributed by atoms with van der Waals surface area (Å²) in [6, 6.07) is 25.5. The highest BCUT2D eigenvalue weighted by molar-refractivity contribution is 6.12. The van der Waals surface area contributed by atoms with E-state index in [9.17, 15) is 4.79 Å². The first-order valence-electron chi connectivity index (χ1n) is 8.38. The Bertz CT molecular complexity index is 1020. The fraction of sp³-hybridized carbons (Fsp3) is 0. The highest BCUT2D eigenvalue weighted by Gasteiger charge is 2.32. The standard InChI is InChI=1S/C22H15N4O/c1-2-17-13-15-18(16-14-17)21-23-25(19-9-5-3-6-10-19)22(27)26(24-21)20-11-7-4-8-12-20/h1,3-16H. The molecule has 0 aromatic heterocycles. The first-order valence-corrected chi connectivity index (χ1v) is 8.38. The Morgan fingerprint density at radius 3 is 1.85 bits per heavy atom. The number of nitrogens with zero attached hydrogens (tertiary/aromatic N) is 4. The van der Waals surface area contributed by atoms with E-state index in [4.69, 9.17) is 6.42 Å². The molecule has 4 rings (SSSR count). The van der Waals surface area contributed by atoms with E-state index in [-0.39, 0.29) is 6.03 Å². The lowest BCUT2D eigenvalue weighted by Gasteiger charge is -2.31. The number of amidine groups is 1. The second kappa shape index (κ2) is 7.06. The van der Waals surface area contributed by atoms with Gasteiger partial charge in [-0.05, 0) is 48.5 Å². The Labute approximate surface area is 157 Å². The van der Waals surface area contributed by atoms with Crippen molar-refractivity contribution in [3.63, 3.8) is 0 Å². The molecule has 3 aromatic carbocycles. The van der Waals surface area contributed by atoms with Crippen molar-refractivity contribution in [1.29, 1.82) is 0 Å². The minimum atomic E-state index is -0.351. The van der Waals surface area contributed by atoms with Crippen LogP contribution in [0.4, 0.5) is 16.2 Å². The summed E-state index contributed by atoms with van der Waals surface area (Å²) in [5.74, 6) is 3.01. The van der Waals surface area contributed by atoms with Crippen LogP contribution in [0.15, 0.2) is 90.0 Å². The highest BCUT2D eigenvalue weighted by atomic mass is 16.2. The monoisotopic (exact) mass is 351 g/mol. The van der Waals surface area contributed by atoms with Crippen LogP contribution >= 0.6 is 0 Å². The first-order chi connectivity index (χ1) is 13.3. The predicted molar refractivity (Wildman–Crippen MR) is 106 cm³/mol. The van der Waals surface area contributed by atoms with Crippen LogP contribution in [0.5, 0.6) is 0 Å². The van der Waals surface area contributed by atoms with E-state index < -0.39 is 0 Å². The van der Waals surface area contributed by atoms with Crippen LogP contribution in [-0.4, -0.2) is 11.9 Å². The lowest BCUT2D eigenvalue weighted by molar-refractivity contribution is 0.249. The van der Waals surface area contributed by atoms with Gasteiger partial charge in [0.2, 0.25) is 0 Å². The van der Waals surface area contributed by atoms with Crippen LogP contribution in [0.1, 0.15) is 11.1 Å². The van der Waals surface area contributed by atoms with Crippen molar-refractivity contribution >= 4 is 23.2 Å². The predicted octanol–water partition coefficient (Wildman–Crippen LogP) is 4.00. The topological polar surface area (TPSA) is 50.0 Å². The summed E-state index contributed by atoms with van der Waals surface area (Å²) in [4.78, 5) is 13.0. The van der Waals surface area contributed by atoms with Crippen LogP contribution in [-0.2, 0) is 0 Å². The Morgan fingerprint density at radius 1 is 0.741 bits per heavy atom. The van der Waals surface area contributed by atoms with Gasteiger partial charge >= 0.3 is 6.03 Å². The quantitative estimate of drug-likeness (QED) is 0.658. The van der Waals surface area contributed by atoms with E-state index in [0.717, 1.165) is 11.1 Å². The van der Waals surface area contributed by atoms with Crippen LogP contribution in [0.2, 0.25) is 0 Å². The number of terminal acetylenes is 1. The third-order valence-corrected chi connectivity index (χ3v) is 4.06. The average molecular weight is 351 g/mol. The smallest absolute Gasteiger partial charge is 0.244 e. The van der Waals surface area contributed by atoms with Gasteiger partial charge in [-0.15, -0.1) is 17.0 Å². The molecular weight excluding hydrogens is 336 g/mol. The van der Waals surface area contributed by atoms with Gasteiger partial charge in [-0.25, -0.2) is 4.79 Å². The molecule has 0 spiro atoms. The van der Waals surface area contributed by atoms with Crippen LogP contribution in [0.3, 0.4) is 0 Å². The van der Waals surface area contributed by atoms with Gasteiger partial charge in [0.05, 0.1) is 11.4 Å². The number of para-hydroxylation sites is 2. The molecule has 0 saturated heterocycles. The number of hydrazone groups is 1. The molecule has 27 heavy (non-hydrogen) atoms. The Morgan fingerprint density at radius 2 is 1.30 bits per heavy atom. The summed E-state index contributed by atoms with van der Waals surface area (Å²) < 4.78 is 0. The van der Waals surface area contributed by atoms with Crippen LogP contribution in [0, 0.1) is 12.3 Å². The van der Waals surface area contributed by atoms with Crippen LogP contribution in [0.25, 0.3) is 0 Å². The van der Waals surface area contributed by atoms with Gasteiger partial charge < -0.3 is 0 Å². The summed E-state index contributed by atoms with van der Waals surface area (Å²) >= 11 is 0. The number of rotatable bonds is 3. The third-order valence-electron chi connectivity index (χ3n) is 4.06. The molecule has 1 radical (unpaired) electrons. The number of amides is 2. The molecule has 0 aliphatic carbocycles. The Balaban J connectivity index is 1.79. The zero-order valence-electron chi connectivity index (χ0n) is 14.4. The normalized spacial score (nSPS) is 13.6. The summed E-state index contributed by atoms with van der Waals surface area (Å²) in [5, 5.41) is 7.18. The van der Waals surface area contributed by atoms with Gasteiger partial charge in [0.25, 0.3) is 0 Å². The van der Waals surface area contributed by atoms with Gasteiger partial charge in [-0.2, -0.15) is 10.0 Å². The van der Waals surface area contributed by atoms with Gasteiger partial charge in [0.1, 0.15) is 0 Å². The van der Waals surface area contributed by atoms with Crippen LogP contribution < -0.4 is 15.4 Å². The number of anilines is 2. The molecule has 1 aliphatic heterocycles. The molecule has 5 heteroatoms. The van der Waals surface area contributed by atoms with Crippen molar-refractivity contribution in [2.45, 2.75) is 0 Å². The largest absolute Gasteiger partial charge is 0.370 e. The average Bonchev–Trinajstić information content (AvgIpc) is 2.75. The number of hydrogen-bond donors (Lipinski definition) is 0. The Kier molecular flexibility index (Phi) is 4.30. The second-order valence-corrected chi connectivity index (χ2v) is 5.82. The van der Waals surface area contributed by atoms with E-state index in [1.807, 2.05) is 84.9 Å². The molecule has 0 atom stereocenters. The number of benzene rings is 3. The molecule has 5 nitrogen and oxygen atoms in total. The molecule has 129 valence electrons. The molecule has 2 amide bonds. The Hall–Kier alpha value is -4.04. The fourth-order valence-corrected chi connectivity index (χ4v) is 2.69. The van der Waals surface area contributed by atoms with Crippen molar-refractivity contribution in [2.24, 2.45) is 5.10 Å². The molecule has 0 saturated carbocycles. The van der Waals surface area contributed by atoms with E-state index in [2.05, 4.69) is 16.4 Å². The third kappa shape index (κ3) is 3.24. The highest BCUT2D eigenvalue weighted by Crippen LogP contribution is 2.24. The molecular formula is C22H15N4O. The van der Waals surface area contributed by atoms with Gasteiger partial charge in [0, 0.05) is 11.1 Å². The first kappa shape index (κ1) is 16.4. The maximum Gasteiger partial charge on any atom is 0.370 e. The van der Waals surface area contributed by atoms with E-state index in [1.54, 1.807) is 0 Å². The molecule has 0 fully saturated rings. The molecule has 1 aliphatic rings. The van der Waals surface area contributed by atoms with Gasteiger partial charge in [-0.3, -0.25) is 0 Å². The van der Waals surface area contributed by atoms with Crippen molar-refractivity contribution in [1.82, 2.24) is 5.43 Å². The van der Waals surface area contributed by atoms with E-state index in [1.165, 1.54) is 10.0 Å². The van der Waals surface area contributed by atoms with Crippen molar-refractivity contribution in [3.8, 4) is 12.3 Å². The second-order valence-electron chi connectivity index (χ2n) is 5.82. The minimum Gasteiger partial charge on any atom is -0.244 e. The summed E-state index contributed by atoms with van der Waals surface area (Å²) in [5.41, 5.74) is 7.34. The van der Waals surface area contributed by atoms with Crippen molar-refractivity contribution in [3.05, 3.63) is 96.1 Å². The number of hydrogen-bond acceptors (Lipinski definition) is 2. The molecule has 1 heterocycles. The maximum absolute atomic E-state index is 13.0. The summed E-state index contributed by atoms with van der Waals surface area (Å²) in [6.45, 7) is 0. The van der Waals surface area contributed by atoms with Crippen molar-refractivity contribution < 1.29 is 4.79 Å².